The molecule has 1 N–H and O–H groups in total. The van der Waals surface area contributed by atoms with E-state index in [-0.39, 0.29) is 5.91 Å². The molecule has 1 aliphatic heterocycles. The van der Waals surface area contributed by atoms with Gasteiger partial charge >= 0.3 is 0 Å². The highest BCUT2D eigenvalue weighted by molar-refractivity contribution is 7.71. The molecule has 2 unspecified atom stereocenters. The summed E-state index contributed by atoms with van der Waals surface area (Å²) >= 11 is 5.23. The maximum atomic E-state index is 12.5. The first kappa shape index (κ1) is 15.2. The Morgan fingerprint density at radius 2 is 2.05 bits per heavy atom. The fourth-order valence-corrected chi connectivity index (χ4v) is 3.25. The van der Waals surface area contributed by atoms with Crippen molar-refractivity contribution in [2.24, 2.45) is 11.8 Å². The van der Waals surface area contributed by atoms with E-state index >= 15 is 0 Å². The summed E-state index contributed by atoms with van der Waals surface area (Å²) in [6.45, 7) is 8.54. The van der Waals surface area contributed by atoms with E-state index < -0.39 is 0 Å². The number of hydrogen-bond donors (Lipinski definition) is 1. The van der Waals surface area contributed by atoms with Crippen molar-refractivity contribution in [3.05, 3.63) is 10.6 Å². The van der Waals surface area contributed by atoms with Gasteiger partial charge in [-0.25, -0.2) is 0 Å². The lowest BCUT2D eigenvalue weighted by molar-refractivity contribution is -0.134. The number of aromatic nitrogens is 3. The number of nitrogens with zero attached hydrogens (tertiary/aromatic N) is 3. The largest absolute Gasteiger partial charge is 0.341 e. The monoisotopic (exact) mass is 296 g/mol. The standard InChI is InChI=1S/C14H24N4OS/c1-4-5-12-15-16-14(20)18(12)9-13(19)17-7-10(2)6-11(3)8-17/h10-11H,4-9H2,1-3H3,(H,16,20). The Morgan fingerprint density at radius 3 is 2.65 bits per heavy atom. The SMILES string of the molecule is CCCc1n[nH]c(=S)n1CC(=O)N1CC(C)CC(C)C1. The number of carbonyl (C=O) groups excluding carboxylic acids is 1. The van der Waals surface area contributed by atoms with Crippen LogP contribution >= 0.6 is 12.2 Å². The molecule has 112 valence electrons. The molecule has 0 bridgehead atoms. The van der Waals surface area contributed by atoms with Gasteiger partial charge in [0, 0.05) is 19.5 Å². The molecule has 1 aromatic rings. The Labute approximate surface area is 125 Å². The molecule has 20 heavy (non-hydrogen) atoms. The third-order valence-corrected chi connectivity index (χ3v) is 4.14. The van der Waals surface area contributed by atoms with Crippen molar-refractivity contribution in [3.63, 3.8) is 0 Å². The minimum Gasteiger partial charge on any atom is -0.341 e. The first-order valence-corrected chi connectivity index (χ1v) is 7.84. The molecular formula is C14H24N4OS. The highest BCUT2D eigenvalue weighted by Gasteiger charge is 2.25. The van der Waals surface area contributed by atoms with Crippen LogP contribution < -0.4 is 0 Å². The zero-order chi connectivity index (χ0) is 14.7. The topological polar surface area (TPSA) is 53.9 Å². The number of aryl methyl sites for hydroxylation is 1. The van der Waals surface area contributed by atoms with Crippen LogP contribution in [0.25, 0.3) is 0 Å². The van der Waals surface area contributed by atoms with Gasteiger partial charge in [0.15, 0.2) is 4.77 Å². The molecule has 0 radical (unpaired) electrons. The molecule has 1 aliphatic rings. The van der Waals surface area contributed by atoms with Crippen LogP contribution in [0.15, 0.2) is 0 Å². The van der Waals surface area contributed by atoms with Crippen molar-refractivity contribution < 1.29 is 4.79 Å². The molecule has 0 spiro atoms. The highest BCUT2D eigenvalue weighted by atomic mass is 32.1. The number of hydrogen-bond acceptors (Lipinski definition) is 3. The van der Waals surface area contributed by atoms with Gasteiger partial charge in [0.1, 0.15) is 12.4 Å². The lowest BCUT2D eigenvalue weighted by atomic mass is 9.92. The van der Waals surface area contributed by atoms with Gasteiger partial charge in [-0.3, -0.25) is 14.5 Å². The molecule has 2 rings (SSSR count). The van der Waals surface area contributed by atoms with Crippen LogP contribution in [0.3, 0.4) is 0 Å². The van der Waals surface area contributed by atoms with Gasteiger partial charge in [-0.05, 0) is 36.9 Å². The summed E-state index contributed by atoms with van der Waals surface area (Å²) in [6, 6.07) is 0. The molecule has 1 saturated heterocycles. The Balaban J connectivity index is 2.07. The van der Waals surface area contributed by atoms with E-state index in [0.29, 0.717) is 23.2 Å². The smallest absolute Gasteiger partial charge is 0.242 e. The number of aromatic amines is 1. The Kier molecular flexibility index (Phi) is 4.96. The molecule has 6 heteroatoms. The maximum Gasteiger partial charge on any atom is 0.242 e. The number of H-pyrrole nitrogens is 1. The first-order valence-electron chi connectivity index (χ1n) is 7.43. The fourth-order valence-electron chi connectivity index (χ4n) is 3.03. The second-order valence-electron chi connectivity index (χ2n) is 6.03. The van der Waals surface area contributed by atoms with Crippen LogP contribution in [0, 0.1) is 16.6 Å². The third kappa shape index (κ3) is 3.48. The summed E-state index contributed by atoms with van der Waals surface area (Å²) in [5.41, 5.74) is 0. The minimum absolute atomic E-state index is 0.151. The lowest BCUT2D eigenvalue weighted by Crippen LogP contribution is -2.44. The van der Waals surface area contributed by atoms with Crippen LogP contribution in [0.4, 0.5) is 0 Å². The average Bonchev–Trinajstić information content (AvgIpc) is 2.71. The minimum atomic E-state index is 0.151. The average molecular weight is 296 g/mol. The van der Waals surface area contributed by atoms with E-state index in [0.717, 1.165) is 31.8 Å². The van der Waals surface area contributed by atoms with Gasteiger partial charge in [-0.1, -0.05) is 20.8 Å². The van der Waals surface area contributed by atoms with Crippen LogP contribution in [0.1, 0.15) is 39.4 Å². The summed E-state index contributed by atoms with van der Waals surface area (Å²) in [7, 11) is 0. The summed E-state index contributed by atoms with van der Waals surface area (Å²) in [5, 5.41) is 7.00. The summed E-state index contributed by atoms with van der Waals surface area (Å²) in [6.07, 6.45) is 3.04. The summed E-state index contributed by atoms with van der Waals surface area (Å²) < 4.78 is 2.38. The zero-order valence-electron chi connectivity index (χ0n) is 12.6. The van der Waals surface area contributed by atoms with E-state index in [1.165, 1.54) is 6.42 Å². The predicted molar refractivity (Wildman–Crippen MR) is 80.9 cm³/mol. The number of rotatable bonds is 4. The molecule has 0 saturated carbocycles. The molecule has 2 heterocycles. The van der Waals surface area contributed by atoms with Gasteiger partial charge < -0.3 is 4.90 Å². The van der Waals surface area contributed by atoms with Crippen molar-refractivity contribution in [3.8, 4) is 0 Å². The normalized spacial score (nSPS) is 23.1. The van der Waals surface area contributed by atoms with Crippen LogP contribution in [0.2, 0.25) is 0 Å². The molecule has 2 atom stereocenters. The Bertz CT molecular complexity index is 511. The number of nitrogens with one attached hydrogen (secondary N) is 1. The molecule has 0 aromatic carbocycles. The fraction of sp³-hybridized carbons (Fsp3) is 0.786. The van der Waals surface area contributed by atoms with Gasteiger partial charge in [0.05, 0.1) is 0 Å². The molecule has 0 aliphatic carbocycles. The molecule has 1 aromatic heterocycles. The maximum absolute atomic E-state index is 12.5. The summed E-state index contributed by atoms with van der Waals surface area (Å²) in [5.74, 6) is 2.19. The van der Waals surface area contributed by atoms with Crippen LogP contribution in [-0.2, 0) is 17.8 Å². The number of carbonyl (C=O) groups is 1. The van der Waals surface area contributed by atoms with Gasteiger partial charge in [-0.2, -0.15) is 5.10 Å². The van der Waals surface area contributed by atoms with E-state index in [2.05, 4.69) is 31.0 Å². The second kappa shape index (κ2) is 6.52. The second-order valence-corrected chi connectivity index (χ2v) is 6.41. The lowest BCUT2D eigenvalue weighted by Gasteiger charge is -2.35. The van der Waals surface area contributed by atoms with Crippen molar-refractivity contribution >= 4 is 18.1 Å². The van der Waals surface area contributed by atoms with Gasteiger partial charge in [0.2, 0.25) is 5.91 Å². The van der Waals surface area contributed by atoms with Crippen molar-refractivity contribution in [1.82, 2.24) is 19.7 Å². The van der Waals surface area contributed by atoms with E-state index in [9.17, 15) is 4.79 Å². The number of piperidine rings is 1. The molecule has 5 nitrogen and oxygen atoms in total. The molecule has 1 fully saturated rings. The molecule has 1 amide bonds. The number of amides is 1. The van der Waals surface area contributed by atoms with Crippen LogP contribution in [0.5, 0.6) is 0 Å². The number of likely N-dealkylation sites (tertiary alicyclic amines) is 1. The molecular weight excluding hydrogens is 272 g/mol. The van der Waals surface area contributed by atoms with Crippen molar-refractivity contribution in [2.45, 2.75) is 46.6 Å². The third-order valence-electron chi connectivity index (χ3n) is 3.83. The van der Waals surface area contributed by atoms with E-state index in [1.54, 1.807) is 0 Å². The Hall–Kier alpha value is -1.17. The highest BCUT2D eigenvalue weighted by Crippen LogP contribution is 2.21. The van der Waals surface area contributed by atoms with E-state index in [1.807, 2.05) is 9.47 Å². The van der Waals surface area contributed by atoms with Crippen molar-refractivity contribution in [1.29, 1.82) is 0 Å². The van der Waals surface area contributed by atoms with Crippen LogP contribution in [-0.4, -0.2) is 38.7 Å². The van der Waals surface area contributed by atoms with Crippen molar-refractivity contribution in [2.75, 3.05) is 13.1 Å². The summed E-state index contributed by atoms with van der Waals surface area (Å²) in [4.78, 5) is 14.5. The predicted octanol–water partition coefficient (Wildman–Crippen LogP) is 2.40. The van der Waals surface area contributed by atoms with Gasteiger partial charge in [-0.15, -0.1) is 0 Å². The zero-order valence-corrected chi connectivity index (χ0v) is 13.4. The van der Waals surface area contributed by atoms with E-state index in [4.69, 9.17) is 12.2 Å². The first-order chi connectivity index (χ1) is 9.51. The quantitative estimate of drug-likeness (QED) is 0.868. The van der Waals surface area contributed by atoms with Gasteiger partial charge in [0.25, 0.3) is 0 Å². The Morgan fingerprint density at radius 1 is 1.40 bits per heavy atom.